The van der Waals surface area contributed by atoms with Crippen molar-refractivity contribution in [1.29, 1.82) is 0 Å². The van der Waals surface area contributed by atoms with Gasteiger partial charge in [-0.25, -0.2) is 0 Å². The highest BCUT2D eigenvalue weighted by Gasteiger charge is 2.37. The zero-order chi connectivity index (χ0) is 17.1. The van der Waals surface area contributed by atoms with Gasteiger partial charge in [0.1, 0.15) is 5.75 Å². The van der Waals surface area contributed by atoms with Gasteiger partial charge in [0, 0.05) is 0 Å². The van der Waals surface area contributed by atoms with Crippen molar-refractivity contribution in [3.8, 4) is 5.75 Å². The zero-order valence-electron chi connectivity index (χ0n) is 15.6. The second-order valence-electron chi connectivity index (χ2n) is 8.36. The van der Waals surface area contributed by atoms with Gasteiger partial charge in [-0.1, -0.05) is 60.3 Å². The van der Waals surface area contributed by atoms with E-state index in [0.29, 0.717) is 0 Å². The highest BCUT2D eigenvalue weighted by Crippen LogP contribution is 2.48. The lowest BCUT2D eigenvalue weighted by atomic mass is 9.63. The maximum atomic E-state index is 6.10. The van der Waals surface area contributed by atoms with Crippen molar-refractivity contribution in [1.82, 2.24) is 0 Å². The third kappa shape index (κ3) is 4.53. The first-order valence-electron chi connectivity index (χ1n) is 9.25. The number of unbranched alkanes of at least 4 members (excludes halogenated alkanes) is 4. The van der Waals surface area contributed by atoms with Crippen molar-refractivity contribution in [3.05, 3.63) is 27.7 Å². The molecule has 0 N–H and O–H groups in total. The van der Waals surface area contributed by atoms with Gasteiger partial charge in [-0.3, -0.25) is 0 Å². The minimum Gasteiger partial charge on any atom is -0.492 e. The Bertz CT molecular complexity index is 531. The van der Waals surface area contributed by atoms with Crippen molar-refractivity contribution in [3.63, 3.8) is 0 Å². The van der Waals surface area contributed by atoms with E-state index in [0.717, 1.165) is 23.2 Å². The van der Waals surface area contributed by atoms with Crippen LogP contribution in [-0.2, 0) is 10.8 Å². The van der Waals surface area contributed by atoms with E-state index in [1.54, 1.807) is 0 Å². The highest BCUT2D eigenvalue weighted by molar-refractivity contribution is 9.10. The van der Waals surface area contributed by atoms with Gasteiger partial charge in [-0.05, 0) is 69.3 Å². The maximum absolute atomic E-state index is 6.10. The number of halogens is 1. The van der Waals surface area contributed by atoms with E-state index < -0.39 is 0 Å². The molecule has 2 heteroatoms. The van der Waals surface area contributed by atoms with Gasteiger partial charge in [0.15, 0.2) is 0 Å². The molecule has 0 unspecified atom stereocenters. The van der Waals surface area contributed by atoms with Crippen LogP contribution in [0.1, 0.15) is 90.7 Å². The lowest BCUT2D eigenvalue weighted by Crippen LogP contribution is -2.33. The Balaban J connectivity index is 2.11. The summed E-state index contributed by atoms with van der Waals surface area (Å²) >= 11 is 3.73. The first-order valence-corrected chi connectivity index (χ1v) is 10.0. The second-order valence-corrected chi connectivity index (χ2v) is 9.21. The Morgan fingerprint density at radius 1 is 0.913 bits per heavy atom. The van der Waals surface area contributed by atoms with Crippen molar-refractivity contribution in [2.24, 2.45) is 0 Å². The Labute approximate surface area is 151 Å². The van der Waals surface area contributed by atoms with Crippen LogP contribution in [-0.4, -0.2) is 6.61 Å². The fraction of sp³-hybridized carbons (Fsp3) is 0.714. The van der Waals surface area contributed by atoms with E-state index in [1.165, 1.54) is 49.7 Å². The molecular weight excluding hydrogens is 348 g/mol. The molecule has 0 aliphatic heterocycles. The second kappa shape index (κ2) is 7.59. The molecule has 0 aromatic heterocycles. The SMILES string of the molecule is CCCCCCCOc1cc2c(cc1Br)C(C)(C)CCC2(C)C. The minimum atomic E-state index is 0.241. The summed E-state index contributed by atoms with van der Waals surface area (Å²) < 4.78 is 7.20. The molecule has 0 amide bonds. The summed E-state index contributed by atoms with van der Waals surface area (Å²) in [5, 5.41) is 0. The van der Waals surface area contributed by atoms with Crippen molar-refractivity contribution in [2.75, 3.05) is 6.61 Å². The normalized spacial score (nSPS) is 18.5. The summed E-state index contributed by atoms with van der Waals surface area (Å²) in [6, 6.07) is 4.61. The van der Waals surface area contributed by atoms with Gasteiger partial charge in [-0.2, -0.15) is 0 Å². The molecule has 0 saturated heterocycles. The maximum Gasteiger partial charge on any atom is 0.133 e. The fourth-order valence-electron chi connectivity index (χ4n) is 3.57. The van der Waals surface area contributed by atoms with Crippen LogP contribution in [0.4, 0.5) is 0 Å². The molecule has 0 spiro atoms. The van der Waals surface area contributed by atoms with Gasteiger partial charge < -0.3 is 4.74 Å². The molecule has 0 bridgehead atoms. The standard InChI is InChI=1S/C21H33BrO/c1-6-7-8-9-10-13-23-19-15-17-16(14-18(19)22)20(2,3)11-12-21(17,4)5/h14-15H,6-13H2,1-5H3. The topological polar surface area (TPSA) is 9.23 Å². The Hall–Kier alpha value is -0.500. The number of fused-ring (bicyclic) bond motifs is 1. The van der Waals surface area contributed by atoms with Crippen LogP contribution in [0.25, 0.3) is 0 Å². The van der Waals surface area contributed by atoms with Gasteiger partial charge in [0.25, 0.3) is 0 Å². The molecule has 2 rings (SSSR count). The van der Waals surface area contributed by atoms with E-state index in [4.69, 9.17) is 4.74 Å². The molecule has 0 fully saturated rings. The van der Waals surface area contributed by atoms with Crippen LogP contribution in [0.3, 0.4) is 0 Å². The van der Waals surface area contributed by atoms with Crippen molar-refractivity contribution >= 4 is 15.9 Å². The van der Waals surface area contributed by atoms with Crippen molar-refractivity contribution in [2.45, 2.75) is 90.4 Å². The summed E-state index contributed by atoms with van der Waals surface area (Å²) in [4.78, 5) is 0. The summed E-state index contributed by atoms with van der Waals surface area (Å²) in [5.74, 6) is 1.02. The molecule has 0 heterocycles. The lowest BCUT2D eigenvalue weighted by molar-refractivity contribution is 0.296. The predicted octanol–water partition coefficient (Wildman–Crippen LogP) is 7.15. The molecule has 0 atom stereocenters. The van der Waals surface area contributed by atoms with Crippen molar-refractivity contribution < 1.29 is 4.74 Å². The smallest absolute Gasteiger partial charge is 0.133 e. The lowest BCUT2D eigenvalue weighted by Gasteiger charge is -2.42. The summed E-state index contributed by atoms with van der Waals surface area (Å²) in [7, 11) is 0. The molecule has 0 radical (unpaired) electrons. The third-order valence-electron chi connectivity index (χ3n) is 5.41. The largest absolute Gasteiger partial charge is 0.492 e. The summed E-state index contributed by atoms with van der Waals surface area (Å²) in [6.07, 6.45) is 8.87. The van der Waals surface area contributed by atoms with Crippen LogP contribution in [0.2, 0.25) is 0 Å². The molecule has 1 aliphatic rings. The quantitative estimate of drug-likeness (QED) is 0.456. The molecule has 1 aliphatic carbocycles. The fourth-order valence-corrected chi connectivity index (χ4v) is 4.02. The number of ether oxygens (including phenoxy) is 1. The van der Waals surface area contributed by atoms with Crippen LogP contribution in [0, 0.1) is 0 Å². The molecule has 1 nitrogen and oxygen atoms in total. The van der Waals surface area contributed by atoms with E-state index in [1.807, 2.05) is 0 Å². The average Bonchev–Trinajstić information content (AvgIpc) is 2.48. The Morgan fingerprint density at radius 2 is 1.48 bits per heavy atom. The first kappa shape index (κ1) is 18.8. The van der Waals surface area contributed by atoms with E-state index in [2.05, 4.69) is 62.7 Å². The molecular formula is C21H33BrO. The van der Waals surface area contributed by atoms with Gasteiger partial charge in [-0.15, -0.1) is 0 Å². The van der Waals surface area contributed by atoms with Gasteiger partial charge in [0.05, 0.1) is 11.1 Å². The van der Waals surface area contributed by atoms with E-state index in [-0.39, 0.29) is 10.8 Å². The molecule has 0 saturated carbocycles. The molecule has 130 valence electrons. The number of hydrogen-bond acceptors (Lipinski definition) is 1. The molecule has 23 heavy (non-hydrogen) atoms. The zero-order valence-corrected chi connectivity index (χ0v) is 17.2. The monoisotopic (exact) mass is 380 g/mol. The number of rotatable bonds is 7. The van der Waals surface area contributed by atoms with E-state index in [9.17, 15) is 0 Å². The van der Waals surface area contributed by atoms with Gasteiger partial charge in [0.2, 0.25) is 0 Å². The van der Waals surface area contributed by atoms with E-state index >= 15 is 0 Å². The van der Waals surface area contributed by atoms with Gasteiger partial charge >= 0.3 is 0 Å². The van der Waals surface area contributed by atoms with Crippen LogP contribution >= 0.6 is 15.9 Å². The Morgan fingerprint density at radius 3 is 2.09 bits per heavy atom. The Kier molecular flexibility index (Phi) is 6.22. The van der Waals surface area contributed by atoms with Crippen LogP contribution < -0.4 is 4.74 Å². The van der Waals surface area contributed by atoms with Crippen LogP contribution in [0.15, 0.2) is 16.6 Å². The molecule has 1 aromatic carbocycles. The third-order valence-corrected chi connectivity index (χ3v) is 6.03. The average molecular weight is 381 g/mol. The highest BCUT2D eigenvalue weighted by atomic mass is 79.9. The molecule has 1 aromatic rings. The minimum absolute atomic E-state index is 0.241. The number of hydrogen-bond donors (Lipinski definition) is 0. The predicted molar refractivity (Wildman–Crippen MR) is 104 cm³/mol. The summed E-state index contributed by atoms with van der Waals surface area (Å²) in [6.45, 7) is 12.5. The number of benzene rings is 1. The first-order chi connectivity index (χ1) is 10.8. The van der Waals surface area contributed by atoms with Crippen LogP contribution in [0.5, 0.6) is 5.75 Å². The summed E-state index contributed by atoms with van der Waals surface area (Å²) in [5.41, 5.74) is 3.45.